The van der Waals surface area contributed by atoms with Crippen LogP contribution in [-0.4, -0.2) is 41.5 Å². The van der Waals surface area contributed by atoms with E-state index in [1.54, 1.807) is 13.3 Å². The minimum Gasteiger partial charge on any atom is -0.411 e. The van der Waals surface area contributed by atoms with Gasteiger partial charge < -0.3 is 15.3 Å². The van der Waals surface area contributed by atoms with E-state index in [9.17, 15) is 5.21 Å². The second-order valence-electron chi connectivity index (χ2n) is 7.86. The Hall–Kier alpha value is -2.89. The highest BCUT2D eigenvalue weighted by Gasteiger charge is 2.20. The molecule has 0 spiro atoms. The predicted octanol–water partition coefficient (Wildman–Crippen LogP) is 5.76. The molecule has 0 aliphatic carbocycles. The third-order valence-electron chi connectivity index (χ3n) is 5.66. The summed E-state index contributed by atoms with van der Waals surface area (Å²) >= 11 is 5.91. The zero-order valence-electron chi connectivity index (χ0n) is 18.8. The van der Waals surface area contributed by atoms with Crippen LogP contribution in [0.15, 0.2) is 72.0 Å². The van der Waals surface area contributed by atoms with Crippen LogP contribution >= 0.6 is 11.6 Å². The van der Waals surface area contributed by atoms with Crippen molar-refractivity contribution in [2.45, 2.75) is 32.3 Å². The Morgan fingerprint density at radius 3 is 2.50 bits per heavy atom. The molecule has 2 N–H and O–H groups in total. The van der Waals surface area contributed by atoms with Crippen LogP contribution in [-0.2, 0) is 4.74 Å². The van der Waals surface area contributed by atoms with Crippen molar-refractivity contribution < 1.29 is 9.94 Å². The van der Waals surface area contributed by atoms with Crippen molar-refractivity contribution in [2.24, 2.45) is 5.16 Å². The van der Waals surface area contributed by atoms with E-state index < -0.39 is 0 Å². The van der Waals surface area contributed by atoms with Gasteiger partial charge in [-0.15, -0.1) is 11.6 Å². The lowest BCUT2D eigenvalue weighted by Gasteiger charge is -2.21. The van der Waals surface area contributed by atoms with Crippen molar-refractivity contribution in [1.29, 1.82) is 0 Å². The number of aryl methyl sites for hydroxylation is 2. The van der Waals surface area contributed by atoms with Gasteiger partial charge in [0.15, 0.2) is 0 Å². The Labute approximate surface area is 195 Å². The number of benzene rings is 2. The Morgan fingerprint density at radius 2 is 1.88 bits per heavy atom. The van der Waals surface area contributed by atoms with Crippen LogP contribution in [0.1, 0.15) is 40.3 Å². The van der Waals surface area contributed by atoms with Gasteiger partial charge in [0.25, 0.3) is 0 Å². The summed E-state index contributed by atoms with van der Waals surface area (Å²) in [6, 6.07) is 20.5. The standard InChI is InChI=1S/C26H30ClN3O2/c1-18-6-4-5-7-24(18)25(15-26(30-31)21-12-13-28-19(2)14-21)20-8-10-22(11-9-20)29-17-23(16-27)32-3/h4-14,23,25,29,31H,15-17H2,1-3H3/b30-26+/t23?,25-/m1/s1. The lowest BCUT2D eigenvalue weighted by atomic mass is 9.83. The van der Waals surface area contributed by atoms with Crippen molar-refractivity contribution in [1.82, 2.24) is 4.98 Å². The third kappa shape index (κ3) is 6.09. The van der Waals surface area contributed by atoms with Crippen molar-refractivity contribution in [3.63, 3.8) is 0 Å². The summed E-state index contributed by atoms with van der Waals surface area (Å²) in [7, 11) is 1.66. The molecule has 0 aliphatic rings. The monoisotopic (exact) mass is 451 g/mol. The van der Waals surface area contributed by atoms with Crippen LogP contribution in [0.3, 0.4) is 0 Å². The van der Waals surface area contributed by atoms with Gasteiger partial charge in [-0.1, -0.05) is 41.6 Å². The van der Waals surface area contributed by atoms with E-state index in [1.807, 2.05) is 25.1 Å². The maximum Gasteiger partial charge on any atom is 0.0878 e. The minimum absolute atomic E-state index is 0.0387. The maximum atomic E-state index is 9.83. The van der Waals surface area contributed by atoms with Crippen molar-refractivity contribution in [3.8, 4) is 0 Å². The summed E-state index contributed by atoms with van der Waals surface area (Å²) in [6.07, 6.45) is 2.27. The van der Waals surface area contributed by atoms with E-state index in [2.05, 4.69) is 64.8 Å². The molecule has 1 unspecified atom stereocenters. The number of nitrogens with one attached hydrogen (secondary N) is 1. The van der Waals surface area contributed by atoms with Crippen LogP contribution in [0.2, 0.25) is 0 Å². The molecule has 32 heavy (non-hydrogen) atoms. The van der Waals surface area contributed by atoms with Gasteiger partial charge in [0.1, 0.15) is 0 Å². The van der Waals surface area contributed by atoms with E-state index in [0.29, 0.717) is 24.6 Å². The van der Waals surface area contributed by atoms with Gasteiger partial charge in [0.2, 0.25) is 0 Å². The number of hydrogen-bond donors (Lipinski definition) is 2. The van der Waals surface area contributed by atoms with E-state index in [0.717, 1.165) is 22.5 Å². The number of alkyl halides is 1. The third-order valence-corrected chi connectivity index (χ3v) is 6.01. The SMILES string of the molecule is COC(CCl)CNc1ccc([C@@H](C/C(=N\O)c2ccnc(C)c2)c2ccccc2C)cc1. The lowest BCUT2D eigenvalue weighted by molar-refractivity contribution is 0.131. The molecule has 3 rings (SSSR count). The molecule has 0 bridgehead atoms. The van der Waals surface area contributed by atoms with Crippen molar-refractivity contribution in [2.75, 3.05) is 24.9 Å². The fraction of sp³-hybridized carbons (Fsp3) is 0.308. The fourth-order valence-corrected chi connectivity index (χ4v) is 4.02. The molecule has 0 saturated carbocycles. The highest BCUT2D eigenvalue weighted by Crippen LogP contribution is 2.32. The van der Waals surface area contributed by atoms with Gasteiger partial charge in [-0.3, -0.25) is 4.98 Å². The Bertz CT molecular complexity index is 1030. The van der Waals surface area contributed by atoms with Crippen LogP contribution in [0.5, 0.6) is 0 Å². The average molecular weight is 452 g/mol. The molecule has 6 heteroatoms. The molecule has 1 heterocycles. The number of anilines is 1. The zero-order valence-corrected chi connectivity index (χ0v) is 19.5. The number of halogens is 1. The summed E-state index contributed by atoms with van der Waals surface area (Å²) in [4.78, 5) is 4.26. The van der Waals surface area contributed by atoms with Crippen LogP contribution < -0.4 is 5.32 Å². The highest BCUT2D eigenvalue weighted by molar-refractivity contribution is 6.18. The number of methoxy groups -OCH3 is 1. The molecule has 0 amide bonds. The minimum atomic E-state index is -0.0387. The number of nitrogens with zero attached hydrogens (tertiary/aromatic N) is 2. The summed E-state index contributed by atoms with van der Waals surface area (Å²) in [5.74, 6) is 0.480. The predicted molar refractivity (Wildman–Crippen MR) is 131 cm³/mol. The normalized spacial score (nSPS) is 13.6. The second kappa shape index (κ2) is 11.7. The zero-order chi connectivity index (χ0) is 22.9. The molecule has 0 saturated heterocycles. The first-order valence-corrected chi connectivity index (χ1v) is 11.2. The smallest absolute Gasteiger partial charge is 0.0878 e. The van der Waals surface area contributed by atoms with E-state index in [4.69, 9.17) is 16.3 Å². The van der Waals surface area contributed by atoms with Crippen LogP contribution in [0, 0.1) is 13.8 Å². The fourth-order valence-electron chi connectivity index (χ4n) is 3.79. The van der Waals surface area contributed by atoms with Gasteiger partial charge in [-0.25, -0.2) is 0 Å². The topological polar surface area (TPSA) is 66.7 Å². The quantitative estimate of drug-likeness (QED) is 0.178. The van der Waals surface area contributed by atoms with Crippen molar-refractivity contribution >= 4 is 23.0 Å². The lowest BCUT2D eigenvalue weighted by Crippen LogP contribution is -2.23. The number of rotatable bonds is 10. The molecular weight excluding hydrogens is 422 g/mol. The van der Waals surface area contributed by atoms with E-state index in [1.165, 1.54) is 11.1 Å². The first-order chi connectivity index (χ1) is 15.5. The van der Waals surface area contributed by atoms with Gasteiger partial charge in [-0.05, 0) is 54.8 Å². The molecule has 0 aliphatic heterocycles. The van der Waals surface area contributed by atoms with Gasteiger partial charge in [0.05, 0.1) is 17.7 Å². The van der Waals surface area contributed by atoms with E-state index >= 15 is 0 Å². The number of pyridine rings is 1. The molecule has 2 aromatic carbocycles. The molecule has 168 valence electrons. The largest absolute Gasteiger partial charge is 0.411 e. The molecule has 3 aromatic rings. The first kappa shape index (κ1) is 23.8. The summed E-state index contributed by atoms with van der Waals surface area (Å²) in [5.41, 5.74) is 6.97. The summed E-state index contributed by atoms with van der Waals surface area (Å²) in [5, 5.41) is 16.9. The number of aromatic nitrogens is 1. The van der Waals surface area contributed by atoms with Crippen LogP contribution in [0.4, 0.5) is 5.69 Å². The average Bonchev–Trinajstić information content (AvgIpc) is 2.82. The molecular formula is C26H30ClN3O2. The Balaban J connectivity index is 1.89. The first-order valence-electron chi connectivity index (χ1n) is 10.7. The maximum absolute atomic E-state index is 9.83. The van der Waals surface area contributed by atoms with Gasteiger partial charge in [0, 0.05) is 49.1 Å². The summed E-state index contributed by atoms with van der Waals surface area (Å²) < 4.78 is 5.32. The summed E-state index contributed by atoms with van der Waals surface area (Å²) in [6.45, 7) is 4.69. The number of hydrogen-bond acceptors (Lipinski definition) is 5. The molecule has 2 atom stereocenters. The molecule has 0 fully saturated rings. The molecule has 1 aromatic heterocycles. The Kier molecular flexibility index (Phi) is 8.65. The molecule has 0 radical (unpaired) electrons. The second-order valence-corrected chi connectivity index (χ2v) is 8.17. The number of oxime groups is 1. The Morgan fingerprint density at radius 1 is 1.12 bits per heavy atom. The van der Waals surface area contributed by atoms with Crippen LogP contribution in [0.25, 0.3) is 0 Å². The number of ether oxygens (including phenoxy) is 1. The molecule has 5 nitrogen and oxygen atoms in total. The van der Waals surface area contributed by atoms with Gasteiger partial charge in [-0.2, -0.15) is 0 Å². The highest BCUT2D eigenvalue weighted by atomic mass is 35.5. The van der Waals surface area contributed by atoms with Gasteiger partial charge >= 0.3 is 0 Å². The van der Waals surface area contributed by atoms with E-state index in [-0.39, 0.29) is 12.0 Å². The van der Waals surface area contributed by atoms with Crippen molar-refractivity contribution in [3.05, 3.63) is 94.8 Å².